The molecule has 1 aromatic rings. The lowest BCUT2D eigenvalue weighted by Gasteiger charge is -2.22. The normalized spacial score (nSPS) is 15.2. The first kappa shape index (κ1) is 13.2. The Morgan fingerprint density at radius 3 is 2.68 bits per heavy atom. The van der Waals surface area contributed by atoms with Crippen LogP contribution in [0.2, 0.25) is 0 Å². The molecule has 0 spiro atoms. The first-order valence-corrected chi connectivity index (χ1v) is 5.81. The lowest BCUT2D eigenvalue weighted by Crippen LogP contribution is -2.36. The molecule has 1 amide bonds. The number of ether oxygens (including phenoxy) is 1. The van der Waals surface area contributed by atoms with Crippen molar-refractivity contribution >= 4 is 17.6 Å². The van der Waals surface area contributed by atoms with Gasteiger partial charge in [-0.15, -0.1) is 0 Å². The molecular formula is C13H13FN2O3. The van der Waals surface area contributed by atoms with Gasteiger partial charge in [0.05, 0.1) is 12.8 Å². The van der Waals surface area contributed by atoms with Crippen LogP contribution in [0, 0.1) is 5.82 Å². The molecule has 1 heterocycles. The molecule has 1 aromatic carbocycles. The van der Waals surface area contributed by atoms with Gasteiger partial charge >= 0.3 is 5.97 Å². The summed E-state index contributed by atoms with van der Waals surface area (Å²) in [5.74, 6) is -1.09. The summed E-state index contributed by atoms with van der Waals surface area (Å²) in [6.07, 6.45) is 0.745. The third-order valence-electron chi connectivity index (χ3n) is 2.79. The van der Waals surface area contributed by atoms with E-state index in [0.29, 0.717) is 12.1 Å². The molecule has 6 heteroatoms. The molecule has 1 aliphatic rings. The van der Waals surface area contributed by atoms with Crippen molar-refractivity contribution in [1.82, 2.24) is 5.01 Å². The van der Waals surface area contributed by atoms with Crippen molar-refractivity contribution in [3.8, 4) is 0 Å². The molecule has 0 fully saturated rings. The molecule has 0 N–H and O–H groups in total. The van der Waals surface area contributed by atoms with Gasteiger partial charge in [-0.05, 0) is 17.7 Å². The summed E-state index contributed by atoms with van der Waals surface area (Å²) in [6.45, 7) is -0.208. The van der Waals surface area contributed by atoms with Crippen molar-refractivity contribution in [2.24, 2.45) is 5.10 Å². The second-order valence-corrected chi connectivity index (χ2v) is 4.08. The van der Waals surface area contributed by atoms with Gasteiger partial charge in [-0.25, -0.2) is 9.40 Å². The molecule has 0 radical (unpaired) electrons. The van der Waals surface area contributed by atoms with Crippen molar-refractivity contribution in [1.29, 1.82) is 0 Å². The van der Waals surface area contributed by atoms with Gasteiger partial charge in [-0.1, -0.05) is 12.1 Å². The van der Waals surface area contributed by atoms with Crippen molar-refractivity contribution in [2.75, 3.05) is 13.7 Å². The third kappa shape index (κ3) is 3.15. The van der Waals surface area contributed by atoms with Gasteiger partial charge in [0.15, 0.2) is 0 Å². The summed E-state index contributed by atoms with van der Waals surface area (Å²) in [5.41, 5.74) is 1.40. The fourth-order valence-electron chi connectivity index (χ4n) is 1.76. The number of hydrazone groups is 1. The zero-order valence-electron chi connectivity index (χ0n) is 10.4. The molecule has 0 unspecified atom stereocenters. The number of methoxy groups -OCH3 is 1. The molecular weight excluding hydrogens is 251 g/mol. The lowest BCUT2D eigenvalue weighted by atomic mass is 10.0. The number of benzene rings is 1. The summed E-state index contributed by atoms with van der Waals surface area (Å²) >= 11 is 0. The fourth-order valence-corrected chi connectivity index (χ4v) is 1.76. The van der Waals surface area contributed by atoms with Crippen LogP contribution in [0.4, 0.5) is 4.39 Å². The Balaban J connectivity index is 2.21. The van der Waals surface area contributed by atoms with Gasteiger partial charge in [-0.3, -0.25) is 9.59 Å². The number of hydrogen-bond acceptors (Lipinski definition) is 4. The highest BCUT2D eigenvalue weighted by Gasteiger charge is 2.23. The van der Waals surface area contributed by atoms with Crippen LogP contribution in [0.25, 0.3) is 0 Å². The van der Waals surface area contributed by atoms with E-state index in [9.17, 15) is 14.0 Å². The molecule has 0 atom stereocenters. The first-order chi connectivity index (χ1) is 9.10. The SMILES string of the molecule is COC(=O)CN1N=C(c2ccc(F)cc2)CCC1=O. The molecule has 5 nitrogen and oxygen atoms in total. The van der Waals surface area contributed by atoms with Crippen LogP contribution < -0.4 is 0 Å². The maximum Gasteiger partial charge on any atom is 0.327 e. The molecule has 0 saturated heterocycles. The Labute approximate surface area is 109 Å². The van der Waals surface area contributed by atoms with Crippen LogP contribution in [-0.4, -0.2) is 36.3 Å². The predicted octanol–water partition coefficient (Wildman–Crippen LogP) is 1.33. The fraction of sp³-hybridized carbons (Fsp3) is 0.308. The van der Waals surface area contributed by atoms with Crippen LogP contribution in [0.1, 0.15) is 18.4 Å². The van der Waals surface area contributed by atoms with E-state index in [1.165, 1.54) is 19.2 Å². The number of halogens is 1. The molecule has 100 valence electrons. The van der Waals surface area contributed by atoms with Crippen molar-refractivity contribution < 1.29 is 18.7 Å². The van der Waals surface area contributed by atoms with Crippen molar-refractivity contribution in [3.63, 3.8) is 0 Å². The van der Waals surface area contributed by atoms with Gasteiger partial charge in [-0.2, -0.15) is 5.10 Å². The quantitative estimate of drug-likeness (QED) is 0.774. The minimum atomic E-state index is -0.530. The van der Waals surface area contributed by atoms with E-state index < -0.39 is 5.97 Å². The highest BCUT2D eigenvalue weighted by molar-refractivity contribution is 6.04. The molecule has 0 aliphatic carbocycles. The number of carbonyl (C=O) groups excluding carboxylic acids is 2. The van der Waals surface area contributed by atoms with Gasteiger partial charge < -0.3 is 4.74 Å². The minimum Gasteiger partial charge on any atom is -0.468 e. The number of hydrogen-bond donors (Lipinski definition) is 0. The number of nitrogens with zero attached hydrogens (tertiary/aromatic N) is 2. The van der Waals surface area contributed by atoms with Crippen molar-refractivity contribution in [3.05, 3.63) is 35.6 Å². The van der Waals surface area contributed by atoms with Crippen LogP contribution in [-0.2, 0) is 14.3 Å². The third-order valence-corrected chi connectivity index (χ3v) is 2.79. The summed E-state index contributed by atoms with van der Waals surface area (Å²) in [5, 5.41) is 5.22. The average molecular weight is 264 g/mol. The second-order valence-electron chi connectivity index (χ2n) is 4.08. The standard InChI is InChI=1S/C13H13FN2O3/c1-19-13(18)8-16-12(17)7-6-11(15-16)9-2-4-10(14)5-3-9/h2-5H,6-8H2,1H3. The second kappa shape index (κ2) is 5.60. The van der Waals surface area contributed by atoms with Crippen LogP contribution >= 0.6 is 0 Å². The largest absolute Gasteiger partial charge is 0.468 e. The zero-order chi connectivity index (χ0) is 13.8. The van der Waals surface area contributed by atoms with E-state index >= 15 is 0 Å². The van der Waals surface area contributed by atoms with Crippen LogP contribution in [0.3, 0.4) is 0 Å². The van der Waals surface area contributed by atoms with Gasteiger partial charge in [0, 0.05) is 12.8 Å². The number of amides is 1. The highest BCUT2D eigenvalue weighted by atomic mass is 19.1. The monoisotopic (exact) mass is 264 g/mol. The van der Waals surface area contributed by atoms with E-state index in [-0.39, 0.29) is 24.7 Å². The zero-order valence-corrected chi connectivity index (χ0v) is 10.4. The smallest absolute Gasteiger partial charge is 0.327 e. The Hall–Kier alpha value is -2.24. The number of carbonyl (C=O) groups is 2. The molecule has 0 bridgehead atoms. The average Bonchev–Trinajstić information content (AvgIpc) is 2.42. The van der Waals surface area contributed by atoms with E-state index in [4.69, 9.17) is 0 Å². The molecule has 1 aliphatic heterocycles. The Bertz CT molecular complexity index is 525. The highest BCUT2D eigenvalue weighted by Crippen LogP contribution is 2.15. The van der Waals surface area contributed by atoms with Gasteiger partial charge in [0.2, 0.25) is 5.91 Å². The Morgan fingerprint density at radius 1 is 1.37 bits per heavy atom. The Morgan fingerprint density at radius 2 is 2.05 bits per heavy atom. The minimum absolute atomic E-state index is 0.208. The van der Waals surface area contributed by atoms with Crippen LogP contribution in [0.5, 0.6) is 0 Å². The summed E-state index contributed by atoms with van der Waals surface area (Å²) in [4.78, 5) is 22.8. The molecule has 2 rings (SSSR count). The summed E-state index contributed by atoms with van der Waals surface area (Å²) in [6, 6.07) is 5.86. The van der Waals surface area contributed by atoms with E-state index in [1.807, 2.05) is 0 Å². The van der Waals surface area contributed by atoms with E-state index in [1.54, 1.807) is 12.1 Å². The van der Waals surface area contributed by atoms with Gasteiger partial charge in [0.1, 0.15) is 12.4 Å². The number of rotatable bonds is 3. The van der Waals surface area contributed by atoms with Gasteiger partial charge in [0.25, 0.3) is 0 Å². The van der Waals surface area contributed by atoms with E-state index in [0.717, 1.165) is 10.6 Å². The lowest BCUT2D eigenvalue weighted by molar-refractivity contribution is -0.147. The van der Waals surface area contributed by atoms with E-state index in [2.05, 4.69) is 9.84 Å². The molecule has 0 aromatic heterocycles. The maximum absolute atomic E-state index is 12.8. The predicted molar refractivity (Wildman–Crippen MR) is 65.9 cm³/mol. The van der Waals surface area contributed by atoms with Crippen molar-refractivity contribution in [2.45, 2.75) is 12.8 Å². The van der Waals surface area contributed by atoms with Crippen LogP contribution in [0.15, 0.2) is 29.4 Å². The Kier molecular flexibility index (Phi) is 3.89. The maximum atomic E-state index is 12.8. The molecule has 19 heavy (non-hydrogen) atoms. The first-order valence-electron chi connectivity index (χ1n) is 5.81. The summed E-state index contributed by atoms with van der Waals surface area (Å²) < 4.78 is 17.4. The topological polar surface area (TPSA) is 59.0 Å². The number of esters is 1. The molecule has 0 saturated carbocycles. The summed E-state index contributed by atoms with van der Waals surface area (Å²) in [7, 11) is 1.25.